The fourth-order valence-corrected chi connectivity index (χ4v) is 1.14. The van der Waals surface area contributed by atoms with Crippen LogP contribution in [-0.2, 0) is 11.2 Å². The molecule has 0 aromatic heterocycles. The van der Waals surface area contributed by atoms with Crippen molar-refractivity contribution >= 4 is 5.97 Å². The van der Waals surface area contributed by atoms with Crippen molar-refractivity contribution < 1.29 is 23.8 Å². The van der Waals surface area contributed by atoms with Gasteiger partial charge in [-0.3, -0.25) is 0 Å². The highest BCUT2D eigenvalue weighted by Crippen LogP contribution is 2.26. The van der Waals surface area contributed by atoms with Gasteiger partial charge in [-0.05, 0) is 18.6 Å². The van der Waals surface area contributed by atoms with Crippen LogP contribution in [0.5, 0.6) is 5.75 Å². The van der Waals surface area contributed by atoms with E-state index >= 15 is 0 Å². The van der Waals surface area contributed by atoms with Gasteiger partial charge in [0.25, 0.3) is 0 Å². The fourth-order valence-electron chi connectivity index (χ4n) is 1.14. The lowest BCUT2D eigenvalue weighted by molar-refractivity contribution is -0.164. The first-order valence-electron chi connectivity index (χ1n) is 4.22. The third kappa shape index (κ3) is 2.65. The Morgan fingerprint density at radius 1 is 1.47 bits per heavy atom. The summed E-state index contributed by atoms with van der Waals surface area (Å²) >= 11 is 0. The molecule has 0 amide bonds. The number of rotatable bonds is 3. The summed E-state index contributed by atoms with van der Waals surface area (Å²) < 4.78 is 25.6. The van der Waals surface area contributed by atoms with Crippen LogP contribution in [0.4, 0.5) is 8.78 Å². The number of alkyl halides is 2. The van der Waals surface area contributed by atoms with Gasteiger partial charge in [-0.2, -0.15) is 8.78 Å². The number of halogens is 2. The molecule has 5 heteroatoms. The van der Waals surface area contributed by atoms with Gasteiger partial charge in [0.2, 0.25) is 0 Å². The SMILES string of the molecule is Cc1ccc(CC(F)(F)C(=O)O)c(O)c1. The van der Waals surface area contributed by atoms with Crippen molar-refractivity contribution in [3.63, 3.8) is 0 Å². The summed E-state index contributed by atoms with van der Waals surface area (Å²) in [6.45, 7) is 1.69. The van der Waals surface area contributed by atoms with Crippen LogP contribution in [0.25, 0.3) is 0 Å². The van der Waals surface area contributed by atoms with E-state index in [9.17, 15) is 18.7 Å². The molecule has 0 saturated heterocycles. The molecule has 0 bridgehead atoms. The summed E-state index contributed by atoms with van der Waals surface area (Å²) in [6, 6.07) is 4.14. The van der Waals surface area contributed by atoms with Crippen molar-refractivity contribution in [2.75, 3.05) is 0 Å². The first kappa shape index (κ1) is 11.4. The van der Waals surface area contributed by atoms with E-state index in [4.69, 9.17) is 5.11 Å². The van der Waals surface area contributed by atoms with Crippen LogP contribution >= 0.6 is 0 Å². The molecule has 0 atom stereocenters. The molecule has 82 valence electrons. The molecule has 0 aliphatic heterocycles. The Balaban J connectivity index is 2.95. The number of aryl methyl sites for hydroxylation is 1. The summed E-state index contributed by atoms with van der Waals surface area (Å²) in [5.41, 5.74) is 0.642. The highest BCUT2D eigenvalue weighted by Gasteiger charge is 2.39. The lowest BCUT2D eigenvalue weighted by Gasteiger charge is -2.12. The largest absolute Gasteiger partial charge is 0.508 e. The van der Waals surface area contributed by atoms with Crippen LogP contribution in [0, 0.1) is 6.92 Å². The highest BCUT2D eigenvalue weighted by molar-refractivity contribution is 5.75. The number of phenols is 1. The molecule has 0 unspecified atom stereocenters. The predicted octanol–water partition coefficient (Wildman–Crippen LogP) is 1.96. The Kier molecular flexibility index (Phi) is 2.93. The molecule has 0 heterocycles. The minimum Gasteiger partial charge on any atom is -0.508 e. The normalized spacial score (nSPS) is 11.4. The maximum absolute atomic E-state index is 12.8. The van der Waals surface area contributed by atoms with Gasteiger partial charge < -0.3 is 10.2 Å². The number of aliphatic carboxylic acids is 1. The zero-order chi connectivity index (χ0) is 11.6. The number of phenolic OH excluding ortho intramolecular Hbond substituents is 1. The average molecular weight is 216 g/mol. The highest BCUT2D eigenvalue weighted by atomic mass is 19.3. The molecule has 1 rings (SSSR count). The monoisotopic (exact) mass is 216 g/mol. The van der Waals surface area contributed by atoms with Crippen molar-refractivity contribution in [1.29, 1.82) is 0 Å². The first-order valence-corrected chi connectivity index (χ1v) is 4.22. The van der Waals surface area contributed by atoms with E-state index in [1.165, 1.54) is 18.2 Å². The number of aromatic hydroxyl groups is 1. The molecule has 0 fully saturated rings. The Morgan fingerprint density at radius 2 is 2.07 bits per heavy atom. The van der Waals surface area contributed by atoms with E-state index in [-0.39, 0.29) is 11.3 Å². The predicted molar refractivity (Wildman–Crippen MR) is 49.1 cm³/mol. The van der Waals surface area contributed by atoms with E-state index in [1.54, 1.807) is 6.92 Å². The lowest BCUT2D eigenvalue weighted by Crippen LogP contribution is -2.30. The first-order chi connectivity index (χ1) is 6.83. The number of hydrogen-bond acceptors (Lipinski definition) is 2. The van der Waals surface area contributed by atoms with Crippen LogP contribution in [0.1, 0.15) is 11.1 Å². The molecule has 2 N–H and O–H groups in total. The summed E-state index contributed by atoms with van der Waals surface area (Å²) in [5.74, 6) is -6.36. The Hall–Kier alpha value is -1.65. The molecule has 0 aliphatic rings. The van der Waals surface area contributed by atoms with E-state index in [0.717, 1.165) is 5.56 Å². The minimum atomic E-state index is -3.85. The van der Waals surface area contributed by atoms with Crippen LogP contribution in [0.2, 0.25) is 0 Å². The van der Waals surface area contributed by atoms with Crippen LogP contribution in [0.3, 0.4) is 0 Å². The lowest BCUT2D eigenvalue weighted by atomic mass is 10.0. The maximum atomic E-state index is 12.8. The zero-order valence-corrected chi connectivity index (χ0v) is 8.00. The van der Waals surface area contributed by atoms with Crippen molar-refractivity contribution in [3.8, 4) is 5.75 Å². The van der Waals surface area contributed by atoms with Crippen molar-refractivity contribution in [2.45, 2.75) is 19.3 Å². The van der Waals surface area contributed by atoms with Gasteiger partial charge >= 0.3 is 11.9 Å². The molecular formula is C10H10F2O3. The Bertz CT molecular complexity index is 388. The smallest absolute Gasteiger partial charge is 0.374 e. The zero-order valence-electron chi connectivity index (χ0n) is 8.00. The van der Waals surface area contributed by atoms with E-state index in [0.29, 0.717) is 0 Å². The van der Waals surface area contributed by atoms with Crippen LogP contribution < -0.4 is 0 Å². The molecule has 0 radical (unpaired) electrons. The van der Waals surface area contributed by atoms with Crippen LogP contribution in [0.15, 0.2) is 18.2 Å². The molecule has 0 saturated carbocycles. The second kappa shape index (κ2) is 3.84. The molecule has 3 nitrogen and oxygen atoms in total. The molecule has 1 aromatic rings. The van der Waals surface area contributed by atoms with E-state index < -0.39 is 18.3 Å². The third-order valence-corrected chi connectivity index (χ3v) is 1.97. The molecule has 1 aromatic carbocycles. The van der Waals surface area contributed by atoms with Gasteiger partial charge in [-0.25, -0.2) is 4.79 Å². The molecular weight excluding hydrogens is 206 g/mol. The van der Waals surface area contributed by atoms with Gasteiger partial charge in [0.05, 0.1) is 6.42 Å². The quantitative estimate of drug-likeness (QED) is 0.812. The van der Waals surface area contributed by atoms with Crippen molar-refractivity contribution in [2.24, 2.45) is 0 Å². The third-order valence-electron chi connectivity index (χ3n) is 1.97. The summed E-state index contributed by atoms with van der Waals surface area (Å²) in [7, 11) is 0. The van der Waals surface area contributed by atoms with Gasteiger partial charge in [-0.1, -0.05) is 12.1 Å². The van der Waals surface area contributed by atoms with E-state index in [2.05, 4.69) is 0 Å². The number of benzene rings is 1. The van der Waals surface area contributed by atoms with Crippen LogP contribution in [-0.4, -0.2) is 22.1 Å². The fraction of sp³-hybridized carbons (Fsp3) is 0.300. The van der Waals surface area contributed by atoms with Gasteiger partial charge in [0.1, 0.15) is 5.75 Å². The van der Waals surface area contributed by atoms with Gasteiger partial charge in [0, 0.05) is 5.56 Å². The van der Waals surface area contributed by atoms with Gasteiger partial charge in [-0.15, -0.1) is 0 Å². The second-order valence-corrected chi connectivity index (χ2v) is 3.32. The number of hydrogen-bond donors (Lipinski definition) is 2. The summed E-state index contributed by atoms with van der Waals surface area (Å²) in [4.78, 5) is 10.2. The second-order valence-electron chi connectivity index (χ2n) is 3.32. The molecule has 0 aliphatic carbocycles. The van der Waals surface area contributed by atoms with Crippen molar-refractivity contribution in [1.82, 2.24) is 0 Å². The minimum absolute atomic E-state index is 0.0759. The van der Waals surface area contributed by atoms with E-state index in [1.807, 2.05) is 0 Å². The summed E-state index contributed by atoms with van der Waals surface area (Å²) in [6.07, 6.45) is -1.01. The van der Waals surface area contributed by atoms with Crippen molar-refractivity contribution in [3.05, 3.63) is 29.3 Å². The molecule has 15 heavy (non-hydrogen) atoms. The Morgan fingerprint density at radius 3 is 2.53 bits per heavy atom. The number of carboxylic acid groups (broad SMARTS) is 1. The number of carbonyl (C=O) groups is 1. The Labute approximate surface area is 85.0 Å². The maximum Gasteiger partial charge on any atom is 0.374 e. The van der Waals surface area contributed by atoms with Gasteiger partial charge in [0.15, 0.2) is 0 Å². The standard InChI is InChI=1S/C10H10F2O3/c1-6-2-3-7(8(13)4-6)5-10(11,12)9(14)15/h2-4,13H,5H2,1H3,(H,14,15). The molecule has 0 spiro atoms. The number of carboxylic acids is 1. The topological polar surface area (TPSA) is 57.5 Å². The summed E-state index contributed by atoms with van der Waals surface area (Å²) in [5, 5.41) is 17.5. The average Bonchev–Trinajstić information content (AvgIpc) is 2.09.